The molecule has 1 atom stereocenters. The molecule has 0 aromatic carbocycles. The monoisotopic (exact) mass is 268 g/mol. The lowest BCUT2D eigenvalue weighted by Crippen LogP contribution is -2.45. The summed E-state index contributed by atoms with van der Waals surface area (Å²) in [6.45, 7) is 5.57. The first-order valence-corrected chi connectivity index (χ1v) is 7.27. The minimum absolute atomic E-state index is 0.0425. The zero-order valence-corrected chi connectivity index (χ0v) is 11.9. The summed E-state index contributed by atoms with van der Waals surface area (Å²) in [7, 11) is 0. The fourth-order valence-electron chi connectivity index (χ4n) is 2.63. The molecular formula is C14H24N2O3. The summed E-state index contributed by atoms with van der Waals surface area (Å²) in [6, 6.07) is 0.441. The average Bonchev–Trinajstić information content (AvgIpc) is 3.12. The van der Waals surface area contributed by atoms with Gasteiger partial charge in [-0.25, -0.2) is 4.79 Å². The maximum atomic E-state index is 12.5. The number of carbonyl (C=O) groups excluding carboxylic acids is 1. The summed E-state index contributed by atoms with van der Waals surface area (Å²) in [5, 5.41) is 9.22. The van der Waals surface area contributed by atoms with Crippen LogP contribution in [0.2, 0.25) is 0 Å². The molecule has 2 fully saturated rings. The van der Waals surface area contributed by atoms with Crippen LogP contribution in [-0.4, -0.2) is 52.6 Å². The van der Waals surface area contributed by atoms with Crippen LogP contribution in [0.25, 0.3) is 0 Å². The van der Waals surface area contributed by atoms with Gasteiger partial charge in [0, 0.05) is 25.7 Å². The Morgan fingerprint density at radius 2 is 2.11 bits per heavy atom. The lowest BCUT2D eigenvalue weighted by Gasteiger charge is -2.29. The largest absolute Gasteiger partial charge is 0.481 e. The molecule has 2 rings (SSSR count). The third kappa shape index (κ3) is 3.01. The Morgan fingerprint density at radius 3 is 2.58 bits per heavy atom. The molecule has 2 amide bonds. The van der Waals surface area contributed by atoms with Gasteiger partial charge in [0.1, 0.15) is 0 Å². The molecule has 1 saturated heterocycles. The van der Waals surface area contributed by atoms with E-state index in [9.17, 15) is 14.7 Å². The standard InChI is InChI=1S/C14H24N2O3/c1-3-4-8-16(11-5-6-11)13(19)15-9-7-14(2,10-15)12(17)18/h11H,3-10H2,1-2H3,(H,17,18). The van der Waals surface area contributed by atoms with E-state index in [4.69, 9.17) is 0 Å². The highest BCUT2D eigenvalue weighted by Crippen LogP contribution is 2.33. The Morgan fingerprint density at radius 1 is 1.42 bits per heavy atom. The number of amides is 2. The number of nitrogens with zero attached hydrogens (tertiary/aromatic N) is 2. The van der Waals surface area contributed by atoms with Gasteiger partial charge in [-0.1, -0.05) is 13.3 Å². The van der Waals surface area contributed by atoms with Gasteiger partial charge in [-0.05, 0) is 32.6 Å². The highest BCUT2D eigenvalue weighted by atomic mass is 16.4. The number of unbranched alkanes of at least 4 members (excludes halogenated alkanes) is 1. The topological polar surface area (TPSA) is 60.9 Å². The summed E-state index contributed by atoms with van der Waals surface area (Å²) < 4.78 is 0. The smallest absolute Gasteiger partial charge is 0.320 e. The van der Waals surface area contributed by atoms with Crippen LogP contribution in [-0.2, 0) is 4.79 Å². The molecule has 0 aromatic heterocycles. The van der Waals surface area contributed by atoms with Crippen LogP contribution < -0.4 is 0 Å². The van der Waals surface area contributed by atoms with Crippen LogP contribution in [0.1, 0.15) is 46.0 Å². The molecule has 1 saturated carbocycles. The van der Waals surface area contributed by atoms with Gasteiger partial charge in [-0.15, -0.1) is 0 Å². The van der Waals surface area contributed by atoms with Crippen molar-refractivity contribution in [1.82, 2.24) is 9.80 Å². The van der Waals surface area contributed by atoms with Crippen LogP contribution >= 0.6 is 0 Å². The van der Waals surface area contributed by atoms with Gasteiger partial charge in [-0.3, -0.25) is 4.79 Å². The van der Waals surface area contributed by atoms with Crippen molar-refractivity contribution < 1.29 is 14.7 Å². The van der Waals surface area contributed by atoms with E-state index in [-0.39, 0.29) is 6.03 Å². The second-order valence-corrected chi connectivity index (χ2v) is 6.10. The zero-order valence-electron chi connectivity index (χ0n) is 11.9. The van der Waals surface area contributed by atoms with Gasteiger partial charge in [0.2, 0.25) is 0 Å². The van der Waals surface area contributed by atoms with Crippen LogP contribution in [0.4, 0.5) is 4.79 Å². The minimum atomic E-state index is -0.797. The normalized spacial score (nSPS) is 26.5. The fraction of sp³-hybridized carbons (Fsp3) is 0.857. The number of hydrogen-bond acceptors (Lipinski definition) is 2. The number of hydrogen-bond donors (Lipinski definition) is 1. The molecule has 1 N–H and O–H groups in total. The van der Waals surface area contributed by atoms with Gasteiger partial charge in [0.05, 0.1) is 5.41 Å². The summed E-state index contributed by atoms with van der Waals surface area (Å²) in [4.78, 5) is 27.4. The molecule has 1 unspecified atom stereocenters. The third-order valence-electron chi connectivity index (χ3n) is 4.25. The third-order valence-corrected chi connectivity index (χ3v) is 4.25. The molecule has 1 aliphatic carbocycles. The lowest BCUT2D eigenvalue weighted by atomic mass is 9.90. The van der Waals surface area contributed by atoms with E-state index in [0.29, 0.717) is 25.6 Å². The molecule has 5 nitrogen and oxygen atoms in total. The van der Waals surface area contributed by atoms with Gasteiger partial charge in [0.15, 0.2) is 0 Å². The average molecular weight is 268 g/mol. The number of aliphatic carboxylic acids is 1. The van der Waals surface area contributed by atoms with Crippen molar-refractivity contribution in [3.63, 3.8) is 0 Å². The SMILES string of the molecule is CCCCN(C(=O)N1CCC(C)(C(=O)O)C1)C1CC1. The van der Waals surface area contributed by atoms with E-state index in [1.807, 2.05) is 4.90 Å². The van der Waals surface area contributed by atoms with Gasteiger partial charge in [0.25, 0.3) is 0 Å². The van der Waals surface area contributed by atoms with E-state index in [1.165, 1.54) is 0 Å². The van der Waals surface area contributed by atoms with Gasteiger partial charge >= 0.3 is 12.0 Å². The molecule has 108 valence electrons. The summed E-state index contributed by atoms with van der Waals surface area (Å²) in [5.74, 6) is -0.797. The second kappa shape index (κ2) is 5.39. The van der Waals surface area contributed by atoms with Crippen LogP contribution in [0.3, 0.4) is 0 Å². The first-order valence-electron chi connectivity index (χ1n) is 7.27. The number of carboxylic acids is 1. The number of carboxylic acid groups (broad SMARTS) is 1. The minimum Gasteiger partial charge on any atom is -0.481 e. The quantitative estimate of drug-likeness (QED) is 0.831. The number of urea groups is 1. The van der Waals surface area contributed by atoms with Crippen molar-refractivity contribution >= 4 is 12.0 Å². The highest BCUT2D eigenvalue weighted by Gasteiger charge is 2.44. The summed E-state index contributed by atoms with van der Waals surface area (Å²) in [5.41, 5.74) is -0.768. The molecule has 5 heteroatoms. The van der Waals surface area contributed by atoms with E-state index in [2.05, 4.69) is 6.92 Å². The Bertz CT molecular complexity index is 368. The van der Waals surface area contributed by atoms with E-state index in [1.54, 1.807) is 11.8 Å². The van der Waals surface area contributed by atoms with Crippen LogP contribution in [0.5, 0.6) is 0 Å². The van der Waals surface area contributed by atoms with Crippen LogP contribution in [0.15, 0.2) is 0 Å². The Balaban J connectivity index is 1.97. The molecule has 2 aliphatic rings. The summed E-state index contributed by atoms with van der Waals surface area (Å²) >= 11 is 0. The molecule has 0 bridgehead atoms. The predicted molar refractivity (Wildman–Crippen MR) is 72.0 cm³/mol. The van der Waals surface area contributed by atoms with Crippen molar-refractivity contribution in [1.29, 1.82) is 0 Å². The van der Waals surface area contributed by atoms with E-state index < -0.39 is 11.4 Å². The molecule has 1 aliphatic heterocycles. The van der Waals surface area contributed by atoms with Crippen molar-refractivity contribution in [2.24, 2.45) is 5.41 Å². The van der Waals surface area contributed by atoms with Gasteiger partial charge < -0.3 is 14.9 Å². The number of carbonyl (C=O) groups is 2. The Hall–Kier alpha value is -1.26. The maximum Gasteiger partial charge on any atom is 0.320 e. The van der Waals surface area contributed by atoms with E-state index in [0.717, 1.165) is 32.2 Å². The zero-order chi connectivity index (χ0) is 14.0. The molecule has 0 spiro atoms. The molecule has 19 heavy (non-hydrogen) atoms. The molecule has 0 radical (unpaired) electrons. The van der Waals surface area contributed by atoms with Gasteiger partial charge in [-0.2, -0.15) is 0 Å². The first kappa shape index (κ1) is 14.2. The van der Waals surface area contributed by atoms with E-state index >= 15 is 0 Å². The highest BCUT2D eigenvalue weighted by molar-refractivity contribution is 5.79. The lowest BCUT2D eigenvalue weighted by molar-refractivity contribution is -0.147. The second-order valence-electron chi connectivity index (χ2n) is 6.10. The number of rotatable bonds is 5. The molecule has 0 aromatic rings. The maximum absolute atomic E-state index is 12.5. The van der Waals surface area contributed by atoms with Crippen LogP contribution in [0, 0.1) is 5.41 Å². The Labute approximate surface area is 114 Å². The Kier molecular flexibility index (Phi) is 4.02. The molecule has 1 heterocycles. The summed E-state index contributed by atoms with van der Waals surface area (Å²) in [6.07, 6.45) is 4.84. The van der Waals surface area contributed by atoms with Crippen molar-refractivity contribution in [3.05, 3.63) is 0 Å². The van der Waals surface area contributed by atoms with Crippen molar-refractivity contribution in [2.45, 2.75) is 52.0 Å². The van der Waals surface area contributed by atoms with Crippen molar-refractivity contribution in [3.8, 4) is 0 Å². The predicted octanol–water partition coefficient (Wildman–Crippen LogP) is 2.17. The molecular weight excluding hydrogens is 244 g/mol. The first-order chi connectivity index (χ1) is 8.98. The van der Waals surface area contributed by atoms with Crippen molar-refractivity contribution in [2.75, 3.05) is 19.6 Å². The fourth-order valence-corrected chi connectivity index (χ4v) is 2.63. The number of likely N-dealkylation sites (tertiary alicyclic amines) is 1.